The van der Waals surface area contributed by atoms with E-state index in [9.17, 15) is 14.0 Å². The quantitative estimate of drug-likeness (QED) is 0.444. The van der Waals surface area contributed by atoms with E-state index in [1.165, 1.54) is 17.0 Å². The maximum Gasteiger partial charge on any atom is 0.278 e. The lowest BCUT2D eigenvalue weighted by molar-refractivity contribution is -0.116. The molecule has 1 N–H and O–H groups in total. The van der Waals surface area contributed by atoms with Crippen LogP contribution in [0.5, 0.6) is 0 Å². The highest BCUT2D eigenvalue weighted by Gasteiger charge is 2.19. The van der Waals surface area contributed by atoms with E-state index in [2.05, 4.69) is 20.4 Å². The van der Waals surface area contributed by atoms with Crippen molar-refractivity contribution in [2.75, 3.05) is 5.32 Å². The molecule has 10 heteroatoms. The van der Waals surface area contributed by atoms with Crippen molar-refractivity contribution in [2.24, 2.45) is 0 Å². The number of hydrogen-bond donors (Lipinski definition) is 1. The Kier molecular flexibility index (Phi) is 4.97. The summed E-state index contributed by atoms with van der Waals surface area (Å²) in [5, 5.41) is 7.18. The van der Waals surface area contributed by atoms with E-state index in [4.69, 9.17) is 4.52 Å². The van der Waals surface area contributed by atoms with Crippen molar-refractivity contribution in [1.29, 1.82) is 0 Å². The highest BCUT2D eigenvalue weighted by atomic mass is 19.1. The summed E-state index contributed by atoms with van der Waals surface area (Å²) < 4.78 is 22.0. The van der Waals surface area contributed by atoms with Crippen molar-refractivity contribution in [2.45, 2.75) is 26.9 Å². The second-order valence-electron chi connectivity index (χ2n) is 7.73. The first-order valence-electron chi connectivity index (χ1n) is 10.2. The predicted molar refractivity (Wildman–Crippen MR) is 119 cm³/mol. The third-order valence-electron chi connectivity index (χ3n) is 5.37. The molecule has 33 heavy (non-hydrogen) atoms. The zero-order chi connectivity index (χ0) is 23.1. The van der Waals surface area contributed by atoms with Gasteiger partial charge in [-0.2, -0.15) is 4.98 Å². The van der Waals surface area contributed by atoms with Crippen LogP contribution in [0.3, 0.4) is 0 Å². The molecule has 5 aromatic rings. The van der Waals surface area contributed by atoms with Crippen LogP contribution in [-0.2, 0) is 17.9 Å². The Morgan fingerprint density at radius 2 is 2.00 bits per heavy atom. The molecule has 166 valence electrons. The number of hydrogen-bond acceptors (Lipinski definition) is 6. The van der Waals surface area contributed by atoms with Crippen LogP contribution in [0.1, 0.15) is 17.3 Å². The number of nitrogens with zero attached hydrogens (tertiary/aromatic N) is 5. The molecule has 0 fully saturated rings. The molecule has 1 amide bonds. The molecule has 0 spiro atoms. The van der Waals surface area contributed by atoms with E-state index in [-0.39, 0.29) is 30.1 Å². The van der Waals surface area contributed by atoms with Gasteiger partial charge in [0.05, 0.1) is 11.8 Å². The molecule has 0 unspecified atom stereocenters. The number of aromatic nitrogens is 5. The molecule has 0 aliphatic carbocycles. The first-order chi connectivity index (χ1) is 15.9. The summed E-state index contributed by atoms with van der Waals surface area (Å²) in [6.07, 6.45) is 1.43. The Hall–Kier alpha value is -4.34. The van der Waals surface area contributed by atoms with Gasteiger partial charge in [-0.1, -0.05) is 29.4 Å². The van der Waals surface area contributed by atoms with Crippen molar-refractivity contribution >= 4 is 33.5 Å². The molecule has 0 bridgehead atoms. The molecule has 0 saturated heterocycles. The van der Waals surface area contributed by atoms with Gasteiger partial charge >= 0.3 is 0 Å². The minimum absolute atomic E-state index is 0.0545. The van der Waals surface area contributed by atoms with Gasteiger partial charge in [-0.15, -0.1) is 0 Å². The zero-order valence-electron chi connectivity index (χ0n) is 17.9. The average Bonchev–Trinajstić information content (AvgIpc) is 3.34. The molecule has 0 atom stereocenters. The van der Waals surface area contributed by atoms with Crippen molar-refractivity contribution < 1.29 is 13.7 Å². The van der Waals surface area contributed by atoms with Crippen molar-refractivity contribution in [3.8, 4) is 0 Å². The summed E-state index contributed by atoms with van der Waals surface area (Å²) in [7, 11) is 0. The van der Waals surface area contributed by atoms with Crippen molar-refractivity contribution in [3.05, 3.63) is 82.2 Å². The fourth-order valence-electron chi connectivity index (χ4n) is 3.79. The summed E-state index contributed by atoms with van der Waals surface area (Å²) in [4.78, 5) is 34.8. The van der Waals surface area contributed by atoms with E-state index in [1.54, 1.807) is 30.5 Å². The fraction of sp³-hybridized carbons (Fsp3) is 0.174. The second-order valence-corrected chi connectivity index (χ2v) is 7.73. The van der Waals surface area contributed by atoms with Gasteiger partial charge in [0.15, 0.2) is 5.82 Å². The lowest BCUT2D eigenvalue weighted by Gasteiger charge is -2.10. The number of carbonyl (C=O) groups is 1. The minimum atomic E-state index is -0.409. The van der Waals surface area contributed by atoms with Crippen molar-refractivity contribution in [3.63, 3.8) is 0 Å². The van der Waals surface area contributed by atoms with E-state index < -0.39 is 11.7 Å². The number of benzene rings is 2. The largest absolute Gasteiger partial charge is 0.337 e. The molecule has 0 aliphatic heterocycles. The number of aryl methyl sites for hydroxylation is 2. The Balaban J connectivity index is 1.57. The highest BCUT2D eigenvalue weighted by Crippen LogP contribution is 2.25. The van der Waals surface area contributed by atoms with Crippen LogP contribution in [0.4, 0.5) is 10.1 Å². The van der Waals surface area contributed by atoms with Gasteiger partial charge in [0.1, 0.15) is 29.9 Å². The van der Waals surface area contributed by atoms with Gasteiger partial charge in [0, 0.05) is 11.1 Å². The lowest BCUT2D eigenvalue weighted by atomic mass is 10.2. The average molecular weight is 446 g/mol. The van der Waals surface area contributed by atoms with Crippen LogP contribution in [0.2, 0.25) is 0 Å². The Labute approximate surface area is 186 Å². The SMILES string of the molecule is Cc1noc(Cn2cnc3c4ccccc4n(CC(=O)Nc4ccc(C)c(F)c4)c3c2=O)n1. The smallest absolute Gasteiger partial charge is 0.278 e. The van der Waals surface area contributed by atoms with Gasteiger partial charge in [-0.3, -0.25) is 14.2 Å². The number of amides is 1. The normalized spacial score (nSPS) is 11.4. The monoisotopic (exact) mass is 446 g/mol. The topological polar surface area (TPSA) is 108 Å². The first kappa shape index (κ1) is 20.6. The predicted octanol–water partition coefficient (Wildman–Crippen LogP) is 3.18. The standard InChI is InChI=1S/C23H19FN6O3/c1-13-7-8-15(9-17(13)24)27-19(31)10-30-18-6-4-3-5-16(18)21-22(30)23(32)29(12-25-21)11-20-26-14(2)28-33-20/h3-9,12H,10-11H2,1-2H3,(H,27,31). The Bertz CT molecular complexity index is 1580. The molecule has 9 nitrogen and oxygen atoms in total. The summed E-state index contributed by atoms with van der Waals surface area (Å²) in [6, 6.07) is 11.8. The Morgan fingerprint density at radius 1 is 1.18 bits per heavy atom. The number of nitrogens with one attached hydrogen (secondary N) is 1. The molecule has 2 aromatic carbocycles. The van der Waals surface area contributed by atoms with Gasteiger partial charge in [-0.25, -0.2) is 9.37 Å². The summed E-state index contributed by atoms with van der Waals surface area (Å²) in [5.74, 6) is -0.0702. The van der Waals surface area contributed by atoms with Crippen LogP contribution < -0.4 is 10.9 Å². The van der Waals surface area contributed by atoms with E-state index in [0.29, 0.717) is 28.1 Å². The van der Waals surface area contributed by atoms with Gasteiger partial charge in [0.25, 0.3) is 5.56 Å². The molecule has 0 saturated carbocycles. The van der Waals surface area contributed by atoms with Gasteiger partial charge in [0.2, 0.25) is 11.8 Å². The first-order valence-corrected chi connectivity index (χ1v) is 10.2. The number of halogens is 1. The summed E-state index contributed by atoms with van der Waals surface area (Å²) >= 11 is 0. The second kappa shape index (κ2) is 7.97. The molecular weight excluding hydrogens is 427 g/mol. The Morgan fingerprint density at radius 3 is 2.76 bits per heavy atom. The van der Waals surface area contributed by atoms with Crippen LogP contribution in [0, 0.1) is 19.7 Å². The zero-order valence-corrected chi connectivity index (χ0v) is 17.9. The third-order valence-corrected chi connectivity index (χ3v) is 5.37. The van der Waals surface area contributed by atoms with Crippen LogP contribution >= 0.6 is 0 Å². The number of para-hydroxylation sites is 1. The fourth-order valence-corrected chi connectivity index (χ4v) is 3.79. The minimum Gasteiger partial charge on any atom is -0.337 e. The number of fused-ring (bicyclic) bond motifs is 3. The molecule has 5 rings (SSSR count). The molecule has 0 aliphatic rings. The van der Waals surface area contributed by atoms with Gasteiger partial charge < -0.3 is 14.4 Å². The molecular formula is C23H19FN6O3. The van der Waals surface area contributed by atoms with E-state index in [1.807, 2.05) is 24.3 Å². The molecule has 3 aromatic heterocycles. The summed E-state index contributed by atoms with van der Waals surface area (Å²) in [5.41, 5.74) is 1.93. The number of rotatable bonds is 5. The highest BCUT2D eigenvalue weighted by molar-refractivity contribution is 6.06. The third kappa shape index (κ3) is 3.75. The number of anilines is 1. The van der Waals surface area contributed by atoms with Crippen molar-refractivity contribution in [1.82, 2.24) is 24.3 Å². The van der Waals surface area contributed by atoms with E-state index >= 15 is 0 Å². The maximum absolute atomic E-state index is 13.9. The molecule has 3 heterocycles. The summed E-state index contributed by atoms with van der Waals surface area (Å²) in [6.45, 7) is 3.24. The van der Waals surface area contributed by atoms with Gasteiger partial charge in [-0.05, 0) is 37.6 Å². The number of carbonyl (C=O) groups excluding carboxylic acids is 1. The molecule has 0 radical (unpaired) electrons. The van der Waals surface area contributed by atoms with Crippen LogP contribution in [0.25, 0.3) is 21.9 Å². The maximum atomic E-state index is 13.9. The van der Waals surface area contributed by atoms with Crippen LogP contribution in [-0.4, -0.2) is 30.2 Å². The van der Waals surface area contributed by atoms with Crippen LogP contribution in [0.15, 0.2) is 58.1 Å². The van der Waals surface area contributed by atoms with E-state index in [0.717, 1.165) is 5.39 Å². The lowest BCUT2D eigenvalue weighted by Crippen LogP contribution is -2.25.